The van der Waals surface area contributed by atoms with E-state index in [1.807, 2.05) is 0 Å². The first-order valence-electron chi connectivity index (χ1n) is 5.74. The van der Waals surface area contributed by atoms with Crippen LogP contribution in [0.5, 0.6) is 0 Å². The Morgan fingerprint density at radius 2 is 2.14 bits per heavy atom. The van der Waals surface area contributed by atoms with Gasteiger partial charge in [-0.2, -0.15) is 0 Å². The van der Waals surface area contributed by atoms with Crippen molar-refractivity contribution < 1.29 is 13.3 Å². The van der Waals surface area contributed by atoms with Gasteiger partial charge in [0.1, 0.15) is 4.21 Å². The molecule has 0 aromatic carbocycles. The molecule has 0 bridgehead atoms. The maximum Gasteiger partial charge on any atom is 0.304 e. The number of aryl methyl sites for hydroxylation is 1. The molecule has 0 aliphatic heterocycles. The number of nitrogens with zero attached hydrogens (tertiary/aromatic N) is 2. The molecule has 10 heteroatoms. The molecule has 21 heavy (non-hydrogen) atoms. The number of sulfonamides is 1. The van der Waals surface area contributed by atoms with Crippen molar-refractivity contribution in [1.29, 1.82) is 0 Å². The third kappa shape index (κ3) is 3.11. The summed E-state index contributed by atoms with van der Waals surface area (Å²) in [6.07, 6.45) is 2.93. The molecule has 2 N–H and O–H groups in total. The number of hydrogen-bond acceptors (Lipinski definition) is 7. The first-order chi connectivity index (χ1) is 9.85. The number of nitro groups is 1. The Morgan fingerprint density at radius 3 is 2.67 bits per heavy atom. The Balaban J connectivity index is 2.41. The third-order valence-corrected chi connectivity index (χ3v) is 5.64. The van der Waals surface area contributed by atoms with E-state index in [0.717, 1.165) is 17.4 Å². The fourth-order valence-corrected chi connectivity index (χ4v) is 3.97. The molecule has 2 aromatic heterocycles. The van der Waals surface area contributed by atoms with Crippen LogP contribution in [0.2, 0.25) is 0 Å². The first kappa shape index (κ1) is 15.2. The van der Waals surface area contributed by atoms with Crippen LogP contribution in [0.4, 0.5) is 16.4 Å². The molecule has 0 aliphatic rings. The second kappa shape index (κ2) is 5.66. The number of aromatic nitrogens is 1. The van der Waals surface area contributed by atoms with Crippen LogP contribution in [-0.2, 0) is 10.0 Å². The zero-order valence-electron chi connectivity index (χ0n) is 11.2. The quantitative estimate of drug-likeness (QED) is 0.642. The lowest BCUT2D eigenvalue weighted by molar-refractivity contribution is -0.383. The molecule has 0 aliphatic carbocycles. The molecule has 0 amide bonds. The third-order valence-electron chi connectivity index (χ3n) is 2.66. The van der Waals surface area contributed by atoms with Gasteiger partial charge >= 0.3 is 5.69 Å². The highest BCUT2D eigenvalue weighted by Crippen LogP contribution is 2.37. The van der Waals surface area contributed by atoms with E-state index < -0.39 is 14.9 Å². The van der Waals surface area contributed by atoms with Gasteiger partial charge in [-0.25, -0.2) is 8.42 Å². The summed E-state index contributed by atoms with van der Waals surface area (Å²) in [7, 11) is -2.40. The van der Waals surface area contributed by atoms with Gasteiger partial charge in [0.25, 0.3) is 10.0 Å². The highest BCUT2D eigenvalue weighted by atomic mass is 32.2. The normalized spacial score (nSPS) is 11.1. The van der Waals surface area contributed by atoms with E-state index in [0.29, 0.717) is 11.3 Å². The van der Waals surface area contributed by atoms with Crippen molar-refractivity contribution >= 4 is 37.7 Å². The van der Waals surface area contributed by atoms with Crippen molar-refractivity contribution in [2.45, 2.75) is 11.1 Å². The predicted molar refractivity (Wildman–Crippen MR) is 80.3 cm³/mol. The zero-order chi connectivity index (χ0) is 15.6. The van der Waals surface area contributed by atoms with Crippen LogP contribution in [0.25, 0.3) is 0 Å². The Labute approximate surface area is 125 Å². The standard InChI is InChI=1S/C11H12N4O4S2/c1-7-3-4-13-6-8(7)14-21(18,19)10-5-9(15(16)17)11(12-2)20-10/h3-6,12,14H,1-2H3. The van der Waals surface area contributed by atoms with Gasteiger partial charge in [0.2, 0.25) is 0 Å². The van der Waals surface area contributed by atoms with Crippen molar-refractivity contribution in [1.82, 2.24) is 4.98 Å². The van der Waals surface area contributed by atoms with Gasteiger partial charge < -0.3 is 5.32 Å². The van der Waals surface area contributed by atoms with E-state index in [9.17, 15) is 18.5 Å². The molecule has 112 valence electrons. The Kier molecular flexibility index (Phi) is 4.09. The smallest absolute Gasteiger partial charge is 0.304 e. The minimum atomic E-state index is -3.90. The molecule has 2 rings (SSSR count). The SMILES string of the molecule is CNc1sc(S(=O)(=O)Nc2cnccc2C)cc1[N+](=O)[O-]. The van der Waals surface area contributed by atoms with E-state index in [2.05, 4.69) is 15.0 Å². The van der Waals surface area contributed by atoms with E-state index in [4.69, 9.17) is 0 Å². The summed E-state index contributed by atoms with van der Waals surface area (Å²) in [4.78, 5) is 14.1. The van der Waals surface area contributed by atoms with Crippen LogP contribution in [0.15, 0.2) is 28.7 Å². The number of pyridine rings is 1. The lowest BCUT2D eigenvalue weighted by Gasteiger charge is -2.07. The molecule has 0 spiro atoms. The molecule has 0 unspecified atom stereocenters. The molecule has 0 fully saturated rings. The molecular formula is C11H12N4O4S2. The van der Waals surface area contributed by atoms with Gasteiger partial charge in [0, 0.05) is 19.3 Å². The van der Waals surface area contributed by atoms with Crippen molar-refractivity contribution in [3.8, 4) is 0 Å². The first-order valence-corrected chi connectivity index (χ1v) is 8.04. The van der Waals surface area contributed by atoms with Gasteiger partial charge in [-0.3, -0.25) is 19.8 Å². The van der Waals surface area contributed by atoms with Gasteiger partial charge in [-0.05, 0) is 18.6 Å². The zero-order valence-corrected chi connectivity index (χ0v) is 12.8. The van der Waals surface area contributed by atoms with Crippen LogP contribution in [0, 0.1) is 17.0 Å². The molecule has 8 nitrogen and oxygen atoms in total. The molecule has 0 saturated heterocycles. The molecule has 0 atom stereocenters. The van der Waals surface area contributed by atoms with Crippen molar-refractivity contribution in [2.24, 2.45) is 0 Å². The second-order valence-corrected chi connectivity index (χ2v) is 7.04. The summed E-state index contributed by atoms with van der Waals surface area (Å²) in [5.74, 6) is 0. The maximum atomic E-state index is 12.3. The number of hydrogen-bond donors (Lipinski definition) is 2. The highest BCUT2D eigenvalue weighted by molar-refractivity contribution is 7.94. The summed E-state index contributed by atoms with van der Waals surface area (Å²) in [5.41, 5.74) is 0.763. The molecule has 0 saturated carbocycles. The largest absolute Gasteiger partial charge is 0.374 e. The fourth-order valence-electron chi connectivity index (χ4n) is 1.57. The molecule has 2 aromatic rings. The van der Waals surface area contributed by atoms with Crippen LogP contribution in [-0.4, -0.2) is 25.4 Å². The average molecular weight is 328 g/mol. The van der Waals surface area contributed by atoms with Crippen LogP contribution >= 0.6 is 11.3 Å². The fraction of sp³-hybridized carbons (Fsp3) is 0.182. The minimum Gasteiger partial charge on any atom is -0.374 e. The molecule has 0 radical (unpaired) electrons. The second-order valence-electron chi connectivity index (χ2n) is 4.08. The number of nitrogens with one attached hydrogen (secondary N) is 2. The van der Waals surface area contributed by atoms with Crippen molar-refractivity contribution in [3.05, 3.63) is 40.2 Å². The summed E-state index contributed by atoms with van der Waals surface area (Å²) >= 11 is 0.796. The molecular weight excluding hydrogens is 316 g/mol. The minimum absolute atomic E-state index is 0.137. The van der Waals surface area contributed by atoms with E-state index in [-0.39, 0.29) is 14.9 Å². The monoisotopic (exact) mass is 328 g/mol. The maximum absolute atomic E-state index is 12.3. The van der Waals surface area contributed by atoms with Crippen LogP contribution < -0.4 is 10.0 Å². The Hall–Kier alpha value is -2.20. The number of thiophene rings is 1. The van der Waals surface area contributed by atoms with Gasteiger partial charge in [-0.1, -0.05) is 11.3 Å². The summed E-state index contributed by atoms with van der Waals surface area (Å²) in [5, 5.41) is 13.7. The summed E-state index contributed by atoms with van der Waals surface area (Å²) in [6.45, 7) is 1.73. The van der Waals surface area contributed by atoms with Crippen LogP contribution in [0.1, 0.15) is 5.56 Å². The average Bonchev–Trinajstić information content (AvgIpc) is 2.86. The van der Waals surface area contributed by atoms with E-state index in [1.54, 1.807) is 19.2 Å². The van der Waals surface area contributed by atoms with Gasteiger partial charge in [0.15, 0.2) is 5.00 Å². The Morgan fingerprint density at radius 1 is 1.43 bits per heavy atom. The summed E-state index contributed by atoms with van der Waals surface area (Å²) in [6, 6.07) is 2.69. The molecule has 2 heterocycles. The number of anilines is 2. The Bertz CT molecular complexity index is 785. The number of rotatable bonds is 5. The van der Waals surface area contributed by atoms with E-state index >= 15 is 0 Å². The lowest BCUT2D eigenvalue weighted by Crippen LogP contribution is -2.12. The highest BCUT2D eigenvalue weighted by Gasteiger charge is 2.26. The van der Waals surface area contributed by atoms with Gasteiger partial charge in [0.05, 0.1) is 16.8 Å². The van der Waals surface area contributed by atoms with Crippen molar-refractivity contribution in [2.75, 3.05) is 17.1 Å². The van der Waals surface area contributed by atoms with Crippen LogP contribution in [0.3, 0.4) is 0 Å². The lowest BCUT2D eigenvalue weighted by atomic mass is 10.3. The predicted octanol–water partition coefficient (Wildman–Crippen LogP) is 2.20. The topological polar surface area (TPSA) is 114 Å². The summed E-state index contributed by atoms with van der Waals surface area (Å²) < 4.78 is 26.8. The van der Waals surface area contributed by atoms with Crippen molar-refractivity contribution in [3.63, 3.8) is 0 Å². The van der Waals surface area contributed by atoms with E-state index in [1.165, 1.54) is 13.2 Å². The van der Waals surface area contributed by atoms with Gasteiger partial charge in [-0.15, -0.1) is 0 Å².